The number of unbranched alkanes of at least 4 members (excludes halogenated alkanes) is 4. The Morgan fingerprint density at radius 3 is 2.50 bits per heavy atom. The van der Waals surface area contributed by atoms with Crippen LogP contribution >= 0.6 is 0 Å². The van der Waals surface area contributed by atoms with Gasteiger partial charge < -0.3 is 5.11 Å². The lowest BCUT2D eigenvalue weighted by atomic mass is 10.2. The molecule has 0 aliphatic carbocycles. The molecule has 0 amide bonds. The van der Waals surface area contributed by atoms with Gasteiger partial charge in [-0.1, -0.05) is 61.8 Å². The van der Waals surface area contributed by atoms with Crippen molar-refractivity contribution in [3.63, 3.8) is 0 Å². The summed E-state index contributed by atoms with van der Waals surface area (Å²) >= 11 is 0. The highest BCUT2D eigenvalue weighted by Gasteiger charge is 1.92. The van der Waals surface area contributed by atoms with Crippen molar-refractivity contribution in [1.29, 1.82) is 0 Å². The van der Waals surface area contributed by atoms with Gasteiger partial charge in [-0.2, -0.15) is 0 Å². The number of carboxylic acid groups (broad SMARTS) is 1. The first-order chi connectivity index (χ1) is 10.8. The molecule has 0 unspecified atom stereocenters. The van der Waals surface area contributed by atoms with Crippen LogP contribution in [-0.2, 0) is 4.79 Å². The predicted octanol–water partition coefficient (Wildman–Crippen LogP) is 5.11. The molecule has 2 heteroatoms. The number of carbonyl (C=O) groups is 1. The van der Waals surface area contributed by atoms with E-state index in [0.717, 1.165) is 12.8 Å². The molecule has 0 saturated carbocycles. The van der Waals surface area contributed by atoms with Crippen LogP contribution in [0.1, 0.15) is 71.1 Å². The number of carboxylic acids is 1. The van der Waals surface area contributed by atoms with Crippen molar-refractivity contribution in [1.82, 2.24) is 0 Å². The average Bonchev–Trinajstić information content (AvgIpc) is 2.50. The Hall–Kier alpha value is -1.93. The Morgan fingerprint density at radius 2 is 1.73 bits per heavy atom. The Kier molecular flexibility index (Phi) is 15.6. The molecule has 0 radical (unpaired) electrons. The zero-order valence-corrected chi connectivity index (χ0v) is 13.7. The minimum Gasteiger partial charge on any atom is -0.481 e. The average molecular weight is 300 g/mol. The normalized spacial score (nSPS) is 10.2. The molecule has 0 aliphatic heterocycles. The van der Waals surface area contributed by atoms with Crippen LogP contribution in [0.4, 0.5) is 0 Å². The first-order valence-corrected chi connectivity index (χ1v) is 8.20. The van der Waals surface area contributed by atoms with Gasteiger partial charge in [0.15, 0.2) is 0 Å². The molecule has 0 aromatic heterocycles. The van der Waals surface area contributed by atoms with Gasteiger partial charge in [0.25, 0.3) is 0 Å². The van der Waals surface area contributed by atoms with E-state index in [1.165, 1.54) is 25.7 Å². The predicted molar refractivity (Wildman–Crippen MR) is 93.3 cm³/mol. The second-order valence-corrected chi connectivity index (χ2v) is 5.01. The van der Waals surface area contributed by atoms with Crippen molar-refractivity contribution >= 4 is 5.97 Å². The maximum absolute atomic E-state index is 10.3. The zero-order chi connectivity index (χ0) is 16.3. The Labute approximate surface area is 135 Å². The van der Waals surface area contributed by atoms with Crippen LogP contribution in [0, 0.1) is 23.7 Å². The molecule has 0 heterocycles. The van der Waals surface area contributed by atoms with E-state index in [-0.39, 0.29) is 6.42 Å². The molecular weight excluding hydrogens is 272 g/mol. The molecule has 0 saturated heterocycles. The van der Waals surface area contributed by atoms with Crippen molar-refractivity contribution in [3.8, 4) is 23.7 Å². The van der Waals surface area contributed by atoms with Crippen molar-refractivity contribution < 1.29 is 9.90 Å². The van der Waals surface area contributed by atoms with Crippen molar-refractivity contribution in [2.24, 2.45) is 0 Å². The van der Waals surface area contributed by atoms with Crippen LogP contribution in [-0.4, -0.2) is 11.1 Å². The lowest BCUT2D eigenvalue weighted by Crippen LogP contribution is -1.92. The summed E-state index contributed by atoms with van der Waals surface area (Å²) in [6.07, 6.45) is 17.5. The highest BCUT2D eigenvalue weighted by atomic mass is 16.4. The molecule has 0 aromatic carbocycles. The van der Waals surface area contributed by atoms with Crippen LogP contribution in [0.5, 0.6) is 0 Å². The number of rotatable bonds is 10. The first kappa shape index (κ1) is 20.1. The van der Waals surface area contributed by atoms with Crippen LogP contribution in [0.2, 0.25) is 0 Å². The smallest absolute Gasteiger partial charge is 0.303 e. The topological polar surface area (TPSA) is 37.3 Å². The van der Waals surface area contributed by atoms with Gasteiger partial charge >= 0.3 is 5.97 Å². The van der Waals surface area contributed by atoms with Crippen LogP contribution < -0.4 is 0 Å². The van der Waals surface area contributed by atoms with Crippen molar-refractivity contribution in [2.75, 3.05) is 0 Å². The van der Waals surface area contributed by atoms with E-state index in [4.69, 9.17) is 5.11 Å². The molecule has 120 valence electrons. The molecule has 0 bridgehead atoms. The maximum atomic E-state index is 10.3. The van der Waals surface area contributed by atoms with Crippen LogP contribution in [0.15, 0.2) is 24.3 Å². The minimum atomic E-state index is -0.760. The number of aliphatic carboxylic acids is 1. The largest absolute Gasteiger partial charge is 0.481 e. The molecule has 0 aliphatic rings. The zero-order valence-electron chi connectivity index (χ0n) is 13.7. The number of allylic oxidation sites excluding steroid dienone is 4. The summed E-state index contributed by atoms with van der Waals surface area (Å²) in [7, 11) is 0. The van der Waals surface area contributed by atoms with Gasteiger partial charge in [-0.05, 0) is 25.7 Å². The fourth-order valence-electron chi connectivity index (χ4n) is 1.70. The van der Waals surface area contributed by atoms with E-state index in [1.54, 1.807) is 0 Å². The highest BCUT2D eigenvalue weighted by molar-refractivity contribution is 5.66. The molecule has 0 spiro atoms. The fraction of sp³-hybridized carbons (Fsp3) is 0.550. The molecule has 2 nitrogen and oxygen atoms in total. The molecule has 22 heavy (non-hydrogen) atoms. The third-order valence-electron chi connectivity index (χ3n) is 2.92. The summed E-state index contributed by atoms with van der Waals surface area (Å²) in [6.45, 7) is 2.22. The number of hydrogen-bond donors (Lipinski definition) is 1. The number of hydrogen-bond acceptors (Lipinski definition) is 1. The quantitative estimate of drug-likeness (QED) is 0.346. The Balaban J connectivity index is 3.49. The molecule has 0 aromatic rings. The van der Waals surface area contributed by atoms with E-state index in [2.05, 4.69) is 54.9 Å². The van der Waals surface area contributed by atoms with Gasteiger partial charge in [-0.15, -0.1) is 5.92 Å². The third-order valence-corrected chi connectivity index (χ3v) is 2.92. The monoisotopic (exact) mass is 300 g/mol. The van der Waals surface area contributed by atoms with Crippen molar-refractivity contribution in [2.45, 2.75) is 71.1 Å². The van der Waals surface area contributed by atoms with Gasteiger partial charge in [0.1, 0.15) is 0 Å². The summed E-state index contributed by atoms with van der Waals surface area (Å²) < 4.78 is 0. The fourth-order valence-corrected chi connectivity index (χ4v) is 1.70. The molecular formula is C20H28O2. The maximum Gasteiger partial charge on any atom is 0.303 e. The van der Waals surface area contributed by atoms with E-state index in [9.17, 15) is 4.79 Å². The first-order valence-electron chi connectivity index (χ1n) is 8.20. The van der Waals surface area contributed by atoms with Gasteiger partial charge in [0, 0.05) is 19.3 Å². The van der Waals surface area contributed by atoms with E-state index < -0.39 is 5.97 Å². The van der Waals surface area contributed by atoms with E-state index in [1.807, 2.05) is 0 Å². The molecule has 1 N–H and O–H groups in total. The van der Waals surface area contributed by atoms with Gasteiger partial charge in [-0.25, -0.2) is 0 Å². The lowest BCUT2D eigenvalue weighted by Gasteiger charge is -1.90. The standard InChI is InChI=1S/C20H28O2/c1-2-3-4-5-6-7-8-9-10-11-12-13-14-15-16-17-18-19-20(21)22/h6-7,9-10H,2-5,8,11,14,17-19H2,1H3,(H,21,22)/b7-6-,10-9-. The summed E-state index contributed by atoms with van der Waals surface area (Å²) in [4.78, 5) is 10.3. The second kappa shape index (κ2) is 17.1. The van der Waals surface area contributed by atoms with Gasteiger partial charge in [0.05, 0.1) is 6.42 Å². The Bertz CT molecular complexity index is 450. The summed E-state index contributed by atoms with van der Waals surface area (Å²) in [5.41, 5.74) is 0. The van der Waals surface area contributed by atoms with E-state index in [0.29, 0.717) is 19.3 Å². The summed E-state index contributed by atoms with van der Waals surface area (Å²) in [5.74, 6) is 11.2. The lowest BCUT2D eigenvalue weighted by molar-refractivity contribution is -0.137. The Morgan fingerprint density at radius 1 is 0.955 bits per heavy atom. The summed E-state index contributed by atoms with van der Waals surface area (Å²) in [5, 5.41) is 8.46. The second-order valence-electron chi connectivity index (χ2n) is 5.01. The molecule has 0 atom stereocenters. The van der Waals surface area contributed by atoms with Crippen LogP contribution in [0.25, 0.3) is 0 Å². The SMILES string of the molecule is CCCCC/C=C\C/C=C\CC#CCC#CCCCC(=O)O. The summed E-state index contributed by atoms with van der Waals surface area (Å²) in [6, 6.07) is 0. The van der Waals surface area contributed by atoms with Gasteiger partial charge in [0.2, 0.25) is 0 Å². The van der Waals surface area contributed by atoms with Crippen LogP contribution in [0.3, 0.4) is 0 Å². The molecule has 0 rings (SSSR count). The highest BCUT2D eigenvalue weighted by Crippen LogP contribution is 2.00. The molecule has 0 fully saturated rings. The minimum absolute atomic E-state index is 0.193. The van der Waals surface area contributed by atoms with Crippen molar-refractivity contribution in [3.05, 3.63) is 24.3 Å². The third kappa shape index (κ3) is 18.1. The van der Waals surface area contributed by atoms with E-state index >= 15 is 0 Å². The van der Waals surface area contributed by atoms with Gasteiger partial charge in [-0.3, -0.25) is 4.79 Å².